The Balaban J connectivity index is 1.01. The first-order valence-electron chi connectivity index (χ1n) is 37.2. The van der Waals surface area contributed by atoms with Gasteiger partial charge in [-0.3, -0.25) is 28.8 Å². The molecule has 9 aromatic rings. The van der Waals surface area contributed by atoms with Crippen LogP contribution in [-0.4, -0.2) is 121 Å². The molecule has 0 saturated carbocycles. The van der Waals surface area contributed by atoms with Crippen LogP contribution in [0.3, 0.4) is 0 Å². The van der Waals surface area contributed by atoms with Crippen molar-refractivity contribution in [1.29, 1.82) is 0 Å². The number of anilines is 3. The van der Waals surface area contributed by atoms with Gasteiger partial charge in [0.15, 0.2) is 34.0 Å². The number of hydrogen-bond acceptors (Lipinski definition) is 15. The highest BCUT2D eigenvalue weighted by Gasteiger charge is 2.45. The first-order valence-corrected chi connectivity index (χ1v) is 37.2. The van der Waals surface area contributed by atoms with Gasteiger partial charge in [-0.15, -0.1) is 0 Å². The summed E-state index contributed by atoms with van der Waals surface area (Å²) in [6.45, 7) is 22.1. The van der Waals surface area contributed by atoms with Crippen molar-refractivity contribution in [2.75, 3.05) is 35.6 Å². The van der Waals surface area contributed by atoms with Crippen LogP contribution in [0.2, 0.25) is 0 Å². The Morgan fingerprint density at radius 2 is 0.587 bits per heavy atom. The number of benzene rings is 6. The number of aromatic nitrogens is 3. The summed E-state index contributed by atoms with van der Waals surface area (Å²) in [6, 6.07) is 43.9. The number of carbonyl (C=O) groups is 9. The molecule has 24 heteroatoms. The zero-order valence-electron chi connectivity index (χ0n) is 64.7. The molecule has 109 heavy (non-hydrogen) atoms. The molecule has 0 aliphatic rings. The van der Waals surface area contributed by atoms with Gasteiger partial charge in [0.05, 0.1) is 0 Å². The molecule has 0 fully saturated rings. The number of rotatable bonds is 33. The average molecular weight is 1490 g/mol. The summed E-state index contributed by atoms with van der Waals surface area (Å²) < 4.78 is 16.2. The molecule has 3 heterocycles. The van der Waals surface area contributed by atoms with Crippen molar-refractivity contribution in [2.45, 2.75) is 199 Å². The van der Waals surface area contributed by atoms with E-state index in [1.807, 2.05) is 130 Å². The predicted octanol–water partition coefficient (Wildman–Crippen LogP) is 13.7. The molecule has 0 aliphatic carbocycles. The number of nitrogens with two attached hydrogens (primary N) is 3. The van der Waals surface area contributed by atoms with Crippen molar-refractivity contribution in [3.63, 3.8) is 0 Å². The highest BCUT2D eigenvalue weighted by molar-refractivity contribution is 6.18. The van der Waals surface area contributed by atoms with Crippen LogP contribution in [0.5, 0.6) is 0 Å². The Hall–Kier alpha value is -11.0. The summed E-state index contributed by atoms with van der Waals surface area (Å²) >= 11 is 0. The zero-order valence-corrected chi connectivity index (χ0v) is 64.7. The van der Waals surface area contributed by atoms with E-state index in [9.17, 15) is 43.2 Å². The molecule has 24 nitrogen and oxygen atoms in total. The maximum absolute atomic E-state index is 14.8. The van der Waals surface area contributed by atoms with Crippen LogP contribution in [0.15, 0.2) is 146 Å². The summed E-state index contributed by atoms with van der Waals surface area (Å²) in [5, 5.41) is 19.5. The maximum atomic E-state index is 14.8. The highest BCUT2D eigenvalue weighted by Crippen LogP contribution is 2.36. The normalized spacial score (nSPS) is 13.5. The average Bonchev–Trinajstić information content (AvgIpc) is 1.77. The Kier molecular flexibility index (Phi) is 26.3. The molecule has 578 valence electrons. The van der Waals surface area contributed by atoms with Gasteiger partial charge in [0, 0.05) is 112 Å². The summed E-state index contributed by atoms with van der Waals surface area (Å²) in [7, 11) is 0. The van der Waals surface area contributed by atoms with Crippen LogP contribution in [-0.2, 0) is 62.2 Å². The topological polar surface area (TPSA) is 379 Å². The molecular formula is C85H106N12O12. The van der Waals surface area contributed by atoms with Gasteiger partial charge in [-0.1, -0.05) is 91.0 Å². The highest BCUT2D eigenvalue weighted by atomic mass is 16.6. The molecule has 3 aromatic heterocycles. The number of nitrogens with one attached hydrogen (secondary N) is 9. The summed E-state index contributed by atoms with van der Waals surface area (Å²) in [5.74, 6) is -4.28. The molecule has 6 aromatic carbocycles. The summed E-state index contributed by atoms with van der Waals surface area (Å²) in [5.41, 5.74) is 23.1. The lowest BCUT2D eigenvalue weighted by atomic mass is 9.83. The lowest BCUT2D eigenvalue weighted by Gasteiger charge is -2.28. The van der Waals surface area contributed by atoms with Gasteiger partial charge in [0.1, 0.15) is 16.8 Å². The molecule has 9 rings (SSSR count). The van der Waals surface area contributed by atoms with Crippen LogP contribution in [0, 0.1) is 20.8 Å². The number of alkyl carbamates (subject to hydrolysis) is 3. The second-order valence-electron chi connectivity index (χ2n) is 31.4. The largest absolute Gasteiger partial charge is 0.444 e. The van der Waals surface area contributed by atoms with Crippen LogP contribution >= 0.6 is 0 Å². The number of fused-ring (bicyclic) bond motifs is 3. The fourth-order valence-corrected chi connectivity index (χ4v) is 13.5. The fraction of sp³-hybridized carbons (Fsp3) is 0.400. The monoisotopic (exact) mass is 1490 g/mol. The minimum Gasteiger partial charge on any atom is -0.444 e. The molecule has 0 radical (unpaired) electrons. The summed E-state index contributed by atoms with van der Waals surface area (Å²) in [6.07, 6.45) is -0.292. The lowest BCUT2D eigenvalue weighted by Crippen LogP contribution is -2.58. The molecule has 0 spiro atoms. The first kappa shape index (κ1) is 82.1. The van der Waals surface area contributed by atoms with Gasteiger partial charge in [0.25, 0.3) is 17.7 Å². The number of para-hydroxylation sites is 3. The number of amides is 6. The Labute approximate surface area is 636 Å². The van der Waals surface area contributed by atoms with E-state index in [1.54, 1.807) is 98.7 Å². The first-order chi connectivity index (χ1) is 51.4. The van der Waals surface area contributed by atoms with E-state index < -0.39 is 92.7 Å². The quantitative estimate of drug-likeness (QED) is 0.00787. The molecule has 0 unspecified atom stereocenters. The SMILES string of the molecule is Cc1[nH]c2ccccc2c1CC(=O)[C@](N)(CCCCNC(=O)OC(C)(C)C)C(=O)Nc1ccc(C(c2ccc(NC(=O)[C@@](N)(CCCCNC(=O)OC(C)(C)C)C(=O)Cc3c(C)[nH]c4ccccc34)cc2)c2ccc(NC(=O)[C@@](N)(CCCCNC(=O)OC(C)(C)C)C(=O)Cc3c(C)[nH]c4ccccc34)cc2)cc1. The third-order valence-corrected chi connectivity index (χ3v) is 19.3. The van der Waals surface area contributed by atoms with Crippen molar-refractivity contribution in [1.82, 2.24) is 30.9 Å². The third kappa shape index (κ3) is 21.5. The van der Waals surface area contributed by atoms with Gasteiger partial charge in [-0.25, -0.2) is 14.4 Å². The molecule has 0 bridgehead atoms. The number of aryl methyl sites for hydroxylation is 3. The van der Waals surface area contributed by atoms with E-state index in [4.69, 9.17) is 31.4 Å². The molecule has 0 saturated heterocycles. The Morgan fingerprint density at radius 1 is 0.349 bits per heavy atom. The number of aromatic amines is 3. The van der Waals surface area contributed by atoms with Crippen LogP contribution in [0.25, 0.3) is 32.7 Å². The second-order valence-corrected chi connectivity index (χ2v) is 31.4. The Morgan fingerprint density at radius 3 is 0.826 bits per heavy atom. The lowest BCUT2D eigenvalue weighted by molar-refractivity contribution is -0.134. The smallest absolute Gasteiger partial charge is 0.407 e. The minimum atomic E-state index is -2.02. The Bertz CT molecular complexity index is 4290. The van der Waals surface area contributed by atoms with Gasteiger partial charge in [-0.05, 0) is 229 Å². The van der Waals surface area contributed by atoms with E-state index in [0.29, 0.717) is 55.6 Å². The number of Topliss-reactive ketones (excluding diaryl/α,β-unsaturated/α-hetero) is 3. The van der Waals surface area contributed by atoms with Crippen molar-refractivity contribution < 1.29 is 57.4 Å². The van der Waals surface area contributed by atoms with E-state index >= 15 is 0 Å². The van der Waals surface area contributed by atoms with Crippen molar-refractivity contribution >= 4 is 103 Å². The summed E-state index contributed by atoms with van der Waals surface area (Å²) in [4.78, 5) is 136. The minimum absolute atomic E-state index is 0.0487. The standard InChI is InChI=1S/C85H106N12O12/c1-52-64(61-25-13-16-28-67(61)92-52)49-70(98)83(86,43-19-22-46-89-77(104)107-80(4,5)6)74(101)95-58-37-31-55(32-38-58)73(56-33-39-59(40-34-56)96-75(102)84(87,44-20-23-47-90-78(105)108-81(7,8)9)71(99)50-65-53(2)93-68-29-17-14-26-62(65)68)57-35-41-60(42-36-57)97-76(103)85(88,45-21-24-48-91-79(106)109-82(10,11)12)72(100)51-66-54(3)94-69-30-18-15-27-63(66)69/h13-18,25-42,73,92-94H,19-24,43-51,86-88H2,1-12H3,(H,89,104)(H,90,105)(H,91,106)(H,95,101)(H,96,102)(H,97,103)/t83-,84-,85-/m1/s1. The van der Waals surface area contributed by atoms with Crippen LogP contribution < -0.4 is 49.1 Å². The van der Waals surface area contributed by atoms with E-state index in [1.165, 1.54) is 0 Å². The van der Waals surface area contributed by atoms with Gasteiger partial charge in [-0.2, -0.15) is 0 Å². The molecule has 6 amide bonds. The molecule has 3 atom stereocenters. The molecule has 0 aliphatic heterocycles. The predicted molar refractivity (Wildman–Crippen MR) is 426 cm³/mol. The van der Waals surface area contributed by atoms with Gasteiger partial charge < -0.3 is 78.3 Å². The number of unbranched alkanes of at least 4 members (excludes halogenated alkanes) is 3. The van der Waals surface area contributed by atoms with E-state index in [2.05, 4.69) is 46.9 Å². The maximum Gasteiger partial charge on any atom is 0.407 e. The van der Waals surface area contributed by atoms with Gasteiger partial charge >= 0.3 is 18.3 Å². The van der Waals surface area contributed by atoms with Crippen molar-refractivity contribution in [3.05, 3.63) is 196 Å². The van der Waals surface area contributed by atoms with Gasteiger partial charge in [0.2, 0.25) is 0 Å². The van der Waals surface area contributed by atoms with Crippen LogP contribution in [0.1, 0.15) is 176 Å². The fourth-order valence-electron chi connectivity index (χ4n) is 13.5. The number of ether oxygens (including phenoxy) is 3. The number of hydrogen-bond donors (Lipinski definition) is 12. The number of carbonyl (C=O) groups excluding carboxylic acids is 9. The number of H-pyrrole nitrogens is 3. The molecule has 15 N–H and O–H groups in total. The van der Waals surface area contributed by atoms with E-state index in [-0.39, 0.29) is 58.2 Å². The second kappa shape index (κ2) is 35.0. The zero-order chi connectivity index (χ0) is 79.2. The number of ketones is 3. The van der Waals surface area contributed by atoms with E-state index in [0.717, 1.165) is 83.2 Å². The molecular weight excluding hydrogens is 1380 g/mol. The van der Waals surface area contributed by atoms with Crippen LogP contribution in [0.4, 0.5) is 31.4 Å². The third-order valence-electron chi connectivity index (χ3n) is 19.3. The van der Waals surface area contributed by atoms with Crippen molar-refractivity contribution in [3.8, 4) is 0 Å². The van der Waals surface area contributed by atoms with Crippen molar-refractivity contribution in [2.24, 2.45) is 17.2 Å².